The molecule has 0 saturated heterocycles. The van der Waals surface area contributed by atoms with Crippen molar-refractivity contribution in [3.05, 3.63) is 35.6 Å². The van der Waals surface area contributed by atoms with E-state index >= 15 is 0 Å². The molecule has 0 radical (unpaired) electrons. The number of rotatable bonds is 0. The van der Waals surface area contributed by atoms with E-state index in [4.69, 9.17) is 0 Å². The van der Waals surface area contributed by atoms with Crippen molar-refractivity contribution >= 4 is 0 Å². The van der Waals surface area contributed by atoms with Crippen LogP contribution in [0.25, 0.3) is 0 Å². The second kappa shape index (κ2) is 4.84. The van der Waals surface area contributed by atoms with Crippen molar-refractivity contribution in [1.82, 2.24) is 0 Å². The Kier molecular flexibility index (Phi) is 4.45. The van der Waals surface area contributed by atoms with Crippen molar-refractivity contribution in [2.75, 3.05) is 0 Å². The highest BCUT2D eigenvalue weighted by molar-refractivity contribution is 5.18. The lowest BCUT2D eigenvalue weighted by molar-refractivity contribution is -0.137. The summed E-state index contributed by atoms with van der Waals surface area (Å²) in [7, 11) is 0. The topological polar surface area (TPSA) is 0 Å². The van der Waals surface area contributed by atoms with Crippen LogP contribution in [0.15, 0.2) is 24.3 Å². The predicted molar refractivity (Wildman–Crippen MR) is 42.8 cm³/mol. The number of hydrogen-bond acceptors (Lipinski definition) is 0. The van der Waals surface area contributed by atoms with E-state index < -0.39 is 17.6 Å². The van der Waals surface area contributed by atoms with Crippen LogP contribution in [-0.4, -0.2) is 0 Å². The quantitative estimate of drug-likeness (QED) is 0.550. The molecule has 1 rings (SSSR count). The van der Waals surface area contributed by atoms with Crippen LogP contribution < -0.4 is 0 Å². The van der Waals surface area contributed by atoms with Gasteiger partial charge in [0, 0.05) is 0 Å². The van der Waals surface area contributed by atoms with E-state index in [2.05, 4.69) is 0 Å². The summed E-state index contributed by atoms with van der Waals surface area (Å²) in [6, 6.07) is 3.27. The van der Waals surface area contributed by atoms with Gasteiger partial charge in [0.15, 0.2) is 0 Å². The minimum absolute atomic E-state index is 0.458. The van der Waals surface area contributed by atoms with Crippen molar-refractivity contribution < 1.29 is 17.6 Å². The highest BCUT2D eigenvalue weighted by atomic mass is 19.4. The molecule has 0 aliphatic rings. The second-order valence-electron chi connectivity index (χ2n) is 2.01. The zero-order valence-electron chi connectivity index (χ0n) is 7.32. The van der Waals surface area contributed by atoms with Gasteiger partial charge >= 0.3 is 6.18 Å². The molecular weight excluding hydrogens is 184 g/mol. The molecule has 0 amide bonds. The third-order valence-corrected chi connectivity index (χ3v) is 1.15. The first kappa shape index (κ1) is 11.9. The maximum Gasteiger partial charge on any atom is 0.416 e. The molecule has 0 bridgehead atoms. The molecule has 4 heteroatoms. The Morgan fingerprint density at radius 2 is 1.62 bits per heavy atom. The van der Waals surface area contributed by atoms with Gasteiger partial charge in [-0.1, -0.05) is 19.9 Å². The van der Waals surface area contributed by atoms with Gasteiger partial charge in [0.1, 0.15) is 5.82 Å². The molecule has 0 heterocycles. The molecule has 0 aliphatic carbocycles. The average Bonchev–Trinajstić information content (AvgIpc) is 2.06. The van der Waals surface area contributed by atoms with Crippen LogP contribution in [0.3, 0.4) is 0 Å². The van der Waals surface area contributed by atoms with E-state index in [0.717, 1.165) is 18.2 Å². The van der Waals surface area contributed by atoms with Crippen molar-refractivity contribution in [2.24, 2.45) is 0 Å². The Hall–Kier alpha value is -1.06. The summed E-state index contributed by atoms with van der Waals surface area (Å²) in [5.41, 5.74) is -0.961. The Bertz CT molecular complexity index is 252. The number of halogens is 4. The molecule has 0 unspecified atom stereocenters. The summed E-state index contributed by atoms with van der Waals surface area (Å²) in [5.74, 6) is -0.875. The third kappa shape index (κ3) is 3.92. The van der Waals surface area contributed by atoms with E-state index in [1.165, 1.54) is 0 Å². The van der Waals surface area contributed by atoms with Gasteiger partial charge in [0.25, 0.3) is 0 Å². The lowest BCUT2D eigenvalue weighted by atomic mass is 10.2. The zero-order chi connectivity index (χ0) is 10.5. The Morgan fingerprint density at radius 1 is 1.08 bits per heavy atom. The Labute approximate surface area is 74.2 Å². The van der Waals surface area contributed by atoms with Crippen LogP contribution in [0, 0.1) is 5.82 Å². The average molecular weight is 194 g/mol. The smallest absolute Gasteiger partial charge is 0.207 e. The van der Waals surface area contributed by atoms with Crippen molar-refractivity contribution in [3.8, 4) is 0 Å². The summed E-state index contributed by atoms with van der Waals surface area (Å²) >= 11 is 0. The van der Waals surface area contributed by atoms with Gasteiger partial charge < -0.3 is 0 Å². The summed E-state index contributed by atoms with van der Waals surface area (Å²) in [6.45, 7) is 4.00. The van der Waals surface area contributed by atoms with E-state index in [1.807, 2.05) is 13.8 Å². The molecule has 0 aromatic heterocycles. The van der Waals surface area contributed by atoms with Crippen LogP contribution in [0.5, 0.6) is 0 Å². The molecule has 0 saturated carbocycles. The van der Waals surface area contributed by atoms with Gasteiger partial charge in [-0.2, -0.15) is 13.2 Å². The molecule has 0 spiro atoms. The molecule has 1 aromatic carbocycles. The van der Waals surface area contributed by atoms with Gasteiger partial charge in [-0.3, -0.25) is 0 Å². The monoisotopic (exact) mass is 194 g/mol. The molecule has 0 nitrogen and oxygen atoms in total. The standard InChI is InChI=1S/C7H4F4.C2H6/c8-6-3-1-2-5(4-6)7(9,10)11;1-2/h1-4H;1-2H3. The minimum Gasteiger partial charge on any atom is -0.207 e. The summed E-state index contributed by atoms with van der Waals surface area (Å²) in [6.07, 6.45) is -4.46. The van der Waals surface area contributed by atoms with Crippen LogP contribution in [0.4, 0.5) is 17.6 Å². The molecule has 0 N–H and O–H groups in total. The van der Waals surface area contributed by atoms with Gasteiger partial charge in [-0.25, -0.2) is 4.39 Å². The second-order valence-corrected chi connectivity index (χ2v) is 2.01. The van der Waals surface area contributed by atoms with Crippen LogP contribution in [0.1, 0.15) is 19.4 Å². The number of alkyl halides is 3. The van der Waals surface area contributed by atoms with Crippen LogP contribution >= 0.6 is 0 Å². The molecule has 74 valence electrons. The zero-order valence-corrected chi connectivity index (χ0v) is 7.32. The highest BCUT2D eigenvalue weighted by Gasteiger charge is 2.30. The van der Waals surface area contributed by atoms with Gasteiger partial charge in [-0.15, -0.1) is 0 Å². The maximum absolute atomic E-state index is 12.2. The fourth-order valence-corrected chi connectivity index (χ4v) is 0.665. The highest BCUT2D eigenvalue weighted by Crippen LogP contribution is 2.28. The summed E-state index contributed by atoms with van der Waals surface area (Å²) in [4.78, 5) is 0. The summed E-state index contributed by atoms with van der Waals surface area (Å²) in [5, 5.41) is 0. The van der Waals surface area contributed by atoms with E-state index in [0.29, 0.717) is 6.07 Å². The fourth-order valence-electron chi connectivity index (χ4n) is 0.665. The molecule has 0 aliphatic heterocycles. The van der Waals surface area contributed by atoms with Crippen molar-refractivity contribution in [3.63, 3.8) is 0 Å². The van der Waals surface area contributed by atoms with E-state index in [-0.39, 0.29) is 0 Å². The first-order chi connectivity index (χ1) is 6.00. The Balaban J connectivity index is 0.000000671. The molecule has 13 heavy (non-hydrogen) atoms. The normalized spacial score (nSPS) is 10.3. The lowest BCUT2D eigenvalue weighted by Crippen LogP contribution is -2.04. The van der Waals surface area contributed by atoms with Gasteiger partial charge in [-0.05, 0) is 18.2 Å². The SMILES string of the molecule is CC.Fc1cccc(C(F)(F)F)c1. The molecule has 1 aromatic rings. The lowest BCUT2D eigenvalue weighted by Gasteiger charge is -2.04. The predicted octanol–water partition coefficient (Wildman–Crippen LogP) is 3.87. The van der Waals surface area contributed by atoms with Crippen molar-refractivity contribution in [2.45, 2.75) is 20.0 Å². The van der Waals surface area contributed by atoms with Gasteiger partial charge in [0.05, 0.1) is 5.56 Å². The van der Waals surface area contributed by atoms with E-state index in [1.54, 1.807) is 0 Å². The van der Waals surface area contributed by atoms with E-state index in [9.17, 15) is 17.6 Å². The molecule has 0 fully saturated rings. The van der Waals surface area contributed by atoms with Crippen LogP contribution in [-0.2, 0) is 6.18 Å². The number of hydrogen-bond donors (Lipinski definition) is 0. The molecule has 0 atom stereocenters. The largest absolute Gasteiger partial charge is 0.416 e. The summed E-state index contributed by atoms with van der Waals surface area (Å²) < 4.78 is 47.6. The Morgan fingerprint density at radius 3 is 1.92 bits per heavy atom. The van der Waals surface area contributed by atoms with Crippen molar-refractivity contribution in [1.29, 1.82) is 0 Å². The first-order valence-corrected chi connectivity index (χ1v) is 3.83. The van der Waals surface area contributed by atoms with Crippen LogP contribution in [0.2, 0.25) is 0 Å². The minimum atomic E-state index is -4.46. The third-order valence-electron chi connectivity index (χ3n) is 1.15. The molecular formula is C9H10F4. The maximum atomic E-state index is 12.2. The van der Waals surface area contributed by atoms with Gasteiger partial charge in [0.2, 0.25) is 0 Å². The fraction of sp³-hybridized carbons (Fsp3) is 0.333. The first-order valence-electron chi connectivity index (χ1n) is 3.83. The number of benzene rings is 1.